The number of β-amino-alcohol motifs (C(OH)–C–C–N with tert-alkyl or cyclic N) is 1. The van der Waals surface area contributed by atoms with E-state index in [1.54, 1.807) is 11.8 Å². The molecule has 1 aliphatic rings. The maximum Gasteiger partial charge on any atom is 0.409 e. The molecule has 158 valence electrons. The van der Waals surface area contributed by atoms with Crippen molar-refractivity contribution in [1.82, 2.24) is 9.80 Å². The van der Waals surface area contributed by atoms with Crippen molar-refractivity contribution in [2.45, 2.75) is 13.0 Å². The number of benzene rings is 1. The number of amides is 1. The number of nitrogens with zero attached hydrogens (tertiary/aromatic N) is 2. The molecule has 1 N–H and O–H groups in total. The fraction of sp³-hybridized carbons (Fsp3) is 0.611. The van der Waals surface area contributed by atoms with Crippen molar-refractivity contribution in [3.8, 4) is 5.75 Å². The highest BCUT2D eigenvalue weighted by molar-refractivity contribution is 9.10. The lowest BCUT2D eigenvalue weighted by Gasteiger charge is -2.34. The topological polar surface area (TPSA) is 71.5 Å². The third-order valence-corrected chi connectivity index (χ3v) is 4.57. The maximum absolute atomic E-state index is 13.6. The maximum atomic E-state index is 13.6. The number of hydrogen-bond acceptors (Lipinski definition) is 6. The molecule has 7 nitrogen and oxygen atoms in total. The van der Waals surface area contributed by atoms with E-state index in [2.05, 4.69) is 15.9 Å². The lowest BCUT2D eigenvalue weighted by Crippen LogP contribution is -2.51. The van der Waals surface area contributed by atoms with Crippen LogP contribution in [-0.2, 0) is 9.47 Å². The molecule has 28 heavy (non-hydrogen) atoms. The molecule has 1 atom stereocenters. The SMILES string of the molecule is CCOC(=O)N1CCN(CC(O)COCCOc2c(F)cc(Br)cc2F)CC1. The Balaban J connectivity index is 1.60. The summed E-state index contributed by atoms with van der Waals surface area (Å²) in [6.45, 7) is 5.02. The largest absolute Gasteiger partial charge is 0.485 e. The average Bonchev–Trinajstić information content (AvgIpc) is 2.64. The fourth-order valence-electron chi connectivity index (χ4n) is 2.77. The number of hydrogen-bond donors (Lipinski definition) is 1. The minimum Gasteiger partial charge on any atom is -0.485 e. The quantitative estimate of drug-likeness (QED) is 0.562. The van der Waals surface area contributed by atoms with Gasteiger partial charge in [0.05, 0.1) is 25.9 Å². The Morgan fingerprint density at radius 1 is 1.21 bits per heavy atom. The molecule has 0 aliphatic carbocycles. The molecule has 1 aromatic carbocycles. The van der Waals surface area contributed by atoms with E-state index in [4.69, 9.17) is 14.2 Å². The van der Waals surface area contributed by atoms with Crippen LogP contribution in [0.5, 0.6) is 5.75 Å². The molecule has 1 fully saturated rings. The second-order valence-corrected chi connectivity index (χ2v) is 7.18. The Labute approximate surface area is 171 Å². The Bertz CT molecular complexity index is 621. The third kappa shape index (κ3) is 7.16. The van der Waals surface area contributed by atoms with Gasteiger partial charge in [-0.1, -0.05) is 15.9 Å². The number of rotatable bonds is 9. The molecule has 1 aromatic rings. The Morgan fingerprint density at radius 3 is 2.46 bits per heavy atom. The van der Waals surface area contributed by atoms with Crippen molar-refractivity contribution in [1.29, 1.82) is 0 Å². The number of aliphatic hydroxyl groups excluding tert-OH is 1. The molecule has 0 bridgehead atoms. The van der Waals surface area contributed by atoms with Gasteiger partial charge in [0.25, 0.3) is 0 Å². The van der Waals surface area contributed by atoms with Gasteiger partial charge in [0.1, 0.15) is 6.61 Å². The molecule has 0 spiro atoms. The molecule has 1 amide bonds. The van der Waals surface area contributed by atoms with Crippen LogP contribution >= 0.6 is 15.9 Å². The fourth-order valence-corrected chi connectivity index (χ4v) is 3.17. The summed E-state index contributed by atoms with van der Waals surface area (Å²) in [5.74, 6) is -2.05. The lowest BCUT2D eigenvalue weighted by atomic mass is 10.3. The summed E-state index contributed by atoms with van der Waals surface area (Å²) in [4.78, 5) is 15.3. The Hall–Kier alpha value is -1.49. The number of carbonyl (C=O) groups is 1. The summed E-state index contributed by atoms with van der Waals surface area (Å²) < 4.78 is 42.9. The normalized spacial score (nSPS) is 16.1. The first-order valence-corrected chi connectivity index (χ1v) is 9.87. The van der Waals surface area contributed by atoms with E-state index in [1.807, 2.05) is 4.90 Å². The number of carbonyl (C=O) groups excluding carboxylic acids is 1. The van der Waals surface area contributed by atoms with Gasteiger partial charge in [0.2, 0.25) is 0 Å². The van der Waals surface area contributed by atoms with Gasteiger partial charge in [-0.3, -0.25) is 4.90 Å². The highest BCUT2D eigenvalue weighted by atomic mass is 79.9. The average molecular weight is 467 g/mol. The summed E-state index contributed by atoms with van der Waals surface area (Å²) in [6.07, 6.45) is -1.03. The molecule has 1 saturated heterocycles. The van der Waals surface area contributed by atoms with E-state index in [-0.39, 0.29) is 30.4 Å². The first kappa shape index (κ1) is 22.8. The van der Waals surface area contributed by atoms with Crippen molar-refractivity contribution < 1.29 is 32.9 Å². The van der Waals surface area contributed by atoms with Crippen molar-refractivity contribution in [3.05, 3.63) is 28.2 Å². The van der Waals surface area contributed by atoms with Crippen molar-refractivity contribution in [2.75, 3.05) is 59.2 Å². The summed E-state index contributed by atoms with van der Waals surface area (Å²) in [6, 6.07) is 2.23. The van der Waals surface area contributed by atoms with Crippen LogP contribution in [-0.4, -0.2) is 86.3 Å². The van der Waals surface area contributed by atoms with Gasteiger partial charge in [0, 0.05) is 37.2 Å². The summed E-state index contributed by atoms with van der Waals surface area (Å²) in [7, 11) is 0. The number of aliphatic hydroxyl groups is 1. The predicted octanol–water partition coefficient (Wildman–Crippen LogP) is 2.26. The second-order valence-electron chi connectivity index (χ2n) is 6.26. The van der Waals surface area contributed by atoms with Gasteiger partial charge in [-0.2, -0.15) is 0 Å². The third-order valence-electron chi connectivity index (χ3n) is 4.11. The lowest BCUT2D eigenvalue weighted by molar-refractivity contribution is -0.000601. The first-order chi connectivity index (χ1) is 13.4. The highest BCUT2D eigenvalue weighted by Gasteiger charge is 2.23. The Morgan fingerprint density at radius 2 is 1.86 bits per heavy atom. The van der Waals surface area contributed by atoms with Crippen LogP contribution in [0, 0.1) is 11.6 Å². The number of piperazine rings is 1. The number of ether oxygens (including phenoxy) is 3. The number of halogens is 3. The molecule has 10 heteroatoms. The van der Waals surface area contributed by atoms with Crippen molar-refractivity contribution in [3.63, 3.8) is 0 Å². The predicted molar refractivity (Wildman–Crippen MR) is 101 cm³/mol. The van der Waals surface area contributed by atoms with Crippen LogP contribution < -0.4 is 4.74 Å². The summed E-state index contributed by atoms with van der Waals surface area (Å²) in [5, 5.41) is 10.1. The van der Waals surface area contributed by atoms with E-state index >= 15 is 0 Å². The van der Waals surface area contributed by atoms with Crippen LogP contribution in [0.3, 0.4) is 0 Å². The van der Waals surface area contributed by atoms with E-state index in [1.165, 1.54) is 0 Å². The molecule has 0 saturated carbocycles. The monoisotopic (exact) mass is 466 g/mol. The van der Waals surface area contributed by atoms with Gasteiger partial charge >= 0.3 is 6.09 Å². The summed E-state index contributed by atoms with van der Waals surface area (Å²) in [5.41, 5.74) is 0. The van der Waals surface area contributed by atoms with Crippen LogP contribution in [0.1, 0.15) is 6.92 Å². The minimum atomic E-state index is -0.797. The van der Waals surface area contributed by atoms with Gasteiger partial charge in [-0.05, 0) is 19.1 Å². The van der Waals surface area contributed by atoms with Gasteiger partial charge < -0.3 is 24.2 Å². The molecular formula is C18H25BrF2N2O5. The highest BCUT2D eigenvalue weighted by Crippen LogP contribution is 2.25. The van der Waals surface area contributed by atoms with Crippen LogP contribution in [0.2, 0.25) is 0 Å². The molecule has 0 aromatic heterocycles. The summed E-state index contributed by atoms with van der Waals surface area (Å²) >= 11 is 3.00. The van der Waals surface area contributed by atoms with Gasteiger partial charge in [0.15, 0.2) is 17.4 Å². The molecule has 1 heterocycles. The van der Waals surface area contributed by atoms with E-state index < -0.39 is 23.5 Å². The zero-order chi connectivity index (χ0) is 20.5. The van der Waals surface area contributed by atoms with E-state index in [0.29, 0.717) is 39.3 Å². The first-order valence-electron chi connectivity index (χ1n) is 9.08. The minimum absolute atomic E-state index is 0.0413. The molecule has 0 radical (unpaired) electrons. The zero-order valence-electron chi connectivity index (χ0n) is 15.7. The van der Waals surface area contributed by atoms with E-state index in [0.717, 1.165) is 12.1 Å². The molecular weight excluding hydrogens is 442 g/mol. The van der Waals surface area contributed by atoms with E-state index in [9.17, 15) is 18.7 Å². The van der Waals surface area contributed by atoms with Crippen molar-refractivity contribution in [2.24, 2.45) is 0 Å². The van der Waals surface area contributed by atoms with Crippen LogP contribution in [0.4, 0.5) is 13.6 Å². The Kier molecular flexibility index (Phi) is 9.36. The van der Waals surface area contributed by atoms with Crippen molar-refractivity contribution >= 4 is 22.0 Å². The molecule has 1 unspecified atom stereocenters. The van der Waals surface area contributed by atoms with Gasteiger partial charge in [-0.25, -0.2) is 13.6 Å². The standard InChI is InChI=1S/C18H25BrF2N2O5/c1-2-27-18(25)23-5-3-22(4-6-23)11-14(24)12-26-7-8-28-17-15(20)9-13(19)10-16(17)21/h9-10,14,24H,2-8,11-12H2,1H3. The molecule has 1 aliphatic heterocycles. The smallest absolute Gasteiger partial charge is 0.409 e. The second kappa shape index (κ2) is 11.5. The van der Waals surface area contributed by atoms with Gasteiger partial charge in [-0.15, -0.1) is 0 Å². The van der Waals surface area contributed by atoms with Crippen LogP contribution in [0.15, 0.2) is 16.6 Å². The molecule has 2 rings (SSSR count). The zero-order valence-corrected chi connectivity index (χ0v) is 17.3. The van der Waals surface area contributed by atoms with Crippen LogP contribution in [0.25, 0.3) is 0 Å².